The first-order valence-corrected chi connectivity index (χ1v) is 6.17. The molecule has 6 heteroatoms. The first-order valence-electron chi connectivity index (χ1n) is 5.79. The summed E-state index contributed by atoms with van der Waals surface area (Å²) in [7, 11) is 0. The fourth-order valence-corrected chi connectivity index (χ4v) is 1.59. The normalized spacial score (nSPS) is 9.95. The van der Waals surface area contributed by atoms with Gasteiger partial charge in [0.05, 0.1) is 6.20 Å². The lowest BCUT2D eigenvalue weighted by atomic mass is 10.2. The third-order valence-electron chi connectivity index (χ3n) is 2.39. The molecule has 0 spiro atoms. The summed E-state index contributed by atoms with van der Waals surface area (Å²) < 4.78 is 0. The van der Waals surface area contributed by atoms with E-state index in [1.807, 2.05) is 0 Å². The van der Waals surface area contributed by atoms with Gasteiger partial charge in [-0.25, -0.2) is 4.98 Å². The zero-order chi connectivity index (χ0) is 13.5. The standard InChI is InChI=1S/C13H13ClN4O/c14-11-3-1-10(2-4-11)13(19)18-8-7-17-12-9-15-5-6-16-12/h1-6,9H,7-8H2,(H,16,17)(H,18,19). The Morgan fingerprint density at radius 1 is 1.16 bits per heavy atom. The fraction of sp³-hybridized carbons (Fsp3) is 0.154. The molecule has 0 bridgehead atoms. The lowest BCUT2D eigenvalue weighted by Gasteiger charge is -2.07. The van der Waals surface area contributed by atoms with Crippen LogP contribution in [-0.4, -0.2) is 29.0 Å². The highest BCUT2D eigenvalue weighted by Crippen LogP contribution is 2.09. The SMILES string of the molecule is O=C(NCCNc1cnccn1)c1ccc(Cl)cc1. The van der Waals surface area contributed by atoms with E-state index >= 15 is 0 Å². The average Bonchev–Trinajstić information content (AvgIpc) is 2.45. The second-order valence-corrected chi connectivity index (χ2v) is 4.22. The van der Waals surface area contributed by atoms with E-state index in [1.54, 1.807) is 42.9 Å². The van der Waals surface area contributed by atoms with Gasteiger partial charge < -0.3 is 10.6 Å². The Morgan fingerprint density at radius 2 is 1.95 bits per heavy atom. The Morgan fingerprint density at radius 3 is 2.63 bits per heavy atom. The topological polar surface area (TPSA) is 66.9 Å². The van der Waals surface area contributed by atoms with Crippen LogP contribution in [0.1, 0.15) is 10.4 Å². The van der Waals surface area contributed by atoms with Gasteiger partial charge in [-0.2, -0.15) is 0 Å². The van der Waals surface area contributed by atoms with Crippen LogP contribution in [0.2, 0.25) is 5.02 Å². The van der Waals surface area contributed by atoms with Crippen molar-refractivity contribution in [1.29, 1.82) is 0 Å². The van der Waals surface area contributed by atoms with Crippen LogP contribution in [0.15, 0.2) is 42.9 Å². The maximum Gasteiger partial charge on any atom is 0.251 e. The van der Waals surface area contributed by atoms with E-state index in [-0.39, 0.29) is 5.91 Å². The van der Waals surface area contributed by atoms with Crippen LogP contribution in [-0.2, 0) is 0 Å². The second kappa shape index (κ2) is 6.70. The van der Waals surface area contributed by atoms with Crippen molar-refractivity contribution in [3.05, 3.63) is 53.4 Å². The maximum absolute atomic E-state index is 11.8. The third kappa shape index (κ3) is 4.22. The summed E-state index contributed by atoms with van der Waals surface area (Å²) in [6, 6.07) is 6.75. The van der Waals surface area contributed by atoms with Crippen LogP contribution < -0.4 is 10.6 Å². The lowest BCUT2D eigenvalue weighted by Crippen LogP contribution is -2.28. The minimum atomic E-state index is -0.127. The van der Waals surface area contributed by atoms with Gasteiger partial charge in [0, 0.05) is 36.1 Å². The summed E-state index contributed by atoms with van der Waals surface area (Å²) in [5.41, 5.74) is 0.587. The number of carbonyl (C=O) groups excluding carboxylic acids is 1. The van der Waals surface area contributed by atoms with E-state index in [1.165, 1.54) is 0 Å². The van der Waals surface area contributed by atoms with E-state index in [0.29, 0.717) is 29.5 Å². The number of rotatable bonds is 5. The highest BCUT2D eigenvalue weighted by atomic mass is 35.5. The number of hydrogen-bond acceptors (Lipinski definition) is 4. The lowest BCUT2D eigenvalue weighted by molar-refractivity contribution is 0.0955. The van der Waals surface area contributed by atoms with Crippen molar-refractivity contribution in [2.24, 2.45) is 0 Å². The number of nitrogens with zero attached hydrogens (tertiary/aromatic N) is 2. The first-order chi connectivity index (χ1) is 9.25. The van der Waals surface area contributed by atoms with Gasteiger partial charge in [0.1, 0.15) is 5.82 Å². The van der Waals surface area contributed by atoms with Crippen molar-refractivity contribution < 1.29 is 4.79 Å². The number of aromatic nitrogens is 2. The van der Waals surface area contributed by atoms with Crippen LogP contribution in [0, 0.1) is 0 Å². The van der Waals surface area contributed by atoms with Crippen molar-refractivity contribution >= 4 is 23.3 Å². The highest BCUT2D eigenvalue weighted by molar-refractivity contribution is 6.30. The Labute approximate surface area is 116 Å². The van der Waals surface area contributed by atoms with Crippen molar-refractivity contribution in [1.82, 2.24) is 15.3 Å². The predicted molar refractivity (Wildman–Crippen MR) is 74.3 cm³/mol. The molecule has 0 fully saturated rings. The number of anilines is 1. The van der Waals surface area contributed by atoms with Gasteiger partial charge in [0.15, 0.2) is 0 Å². The Balaban J connectivity index is 1.74. The Bertz CT molecular complexity index is 530. The predicted octanol–water partition coefficient (Wildman–Crippen LogP) is 1.97. The van der Waals surface area contributed by atoms with Gasteiger partial charge in [0.25, 0.3) is 5.91 Å². The summed E-state index contributed by atoms with van der Waals surface area (Å²) in [5.74, 6) is 0.556. The average molecular weight is 277 g/mol. The molecule has 1 aromatic carbocycles. The largest absolute Gasteiger partial charge is 0.367 e. The van der Waals surface area contributed by atoms with E-state index < -0.39 is 0 Å². The molecule has 1 aromatic heterocycles. The van der Waals surface area contributed by atoms with E-state index in [9.17, 15) is 4.79 Å². The van der Waals surface area contributed by atoms with Crippen LogP contribution in [0.4, 0.5) is 5.82 Å². The van der Waals surface area contributed by atoms with Crippen LogP contribution in [0.3, 0.4) is 0 Å². The minimum absolute atomic E-state index is 0.127. The van der Waals surface area contributed by atoms with Crippen LogP contribution in [0.25, 0.3) is 0 Å². The smallest absolute Gasteiger partial charge is 0.251 e. The van der Waals surface area contributed by atoms with Crippen molar-refractivity contribution in [3.8, 4) is 0 Å². The zero-order valence-corrected chi connectivity index (χ0v) is 10.9. The number of nitrogens with one attached hydrogen (secondary N) is 2. The molecule has 1 amide bonds. The number of benzene rings is 1. The quantitative estimate of drug-likeness (QED) is 0.820. The molecule has 0 radical (unpaired) electrons. The number of amides is 1. The zero-order valence-electron chi connectivity index (χ0n) is 10.1. The van der Waals surface area contributed by atoms with Gasteiger partial charge in [-0.1, -0.05) is 11.6 Å². The van der Waals surface area contributed by atoms with Gasteiger partial charge in [0.2, 0.25) is 0 Å². The summed E-state index contributed by atoms with van der Waals surface area (Å²) in [6.07, 6.45) is 4.84. The molecule has 0 saturated heterocycles. The Hall–Kier alpha value is -2.14. The van der Waals surface area contributed by atoms with Crippen molar-refractivity contribution in [2.75, 3.05) is 18.4 Å². The number of hydrogen-bond donors (Lipinski definition) is 2. The van der Waals surface area contributed by atoms with Crippen LogP contribution >= 0.6 is 11.6 Å². The fourth-order valence-electron chi connectivity index (χ4n) is 1.46. The molecule has 2 aromatic rings. The van der Waals surface area contributed by atoms with Gasteiger partial charge in [-0.05, 0) is 24.3 Å². The molecule has 0 aliphatic rings. The number of carbonyl (C=O) groups is 1. The number of halogens is 1. The van der Waals surface area contributed by atoms with Gasteiger partial charge >= 0.3 is 0 Å². The molecule has 98 valence electrons. The monoisotopic (exact) mass is 276 g/mol. The van der Waals surface area contributed by atoms with Crippen molar-refractivity contribution in [3.63, 3.8) is 0 Å². The second-order valence-electron chi connectivity index (χ2n) is 3.78. The molecule has 0 aliphatic heterocycles. The molecule has 1 heterocycles. The molecule has 0 saturated carbocycles. The third-order valence-corrected chi connectivity index (χ3v) is 2.64. The summed E-state index contributed by atoms with van der Waals surface area (Å²) in [6.45, 7) is 1.08. The molecule has 0 atom stereocenters. The van der Waals surface area contributed by atoms with E-state index in [0.717, 1.165) is 0 Å². The van der Waals surface area contributed by atoms with Gasteiger partial charge in [-0.15, -0.1) is 0 Å². The first kappa shape index (κ1) is 13.3. The van der Waals surface area contributed by atoms with Crippen LogP contribution in [0.5, 0.6) is 0 Å². The molecule has 2 N–H and O–H groups in total. The summed E-state index contributed by atoms with van der Waals surface area (Å²) in [5, 5.41) is 6.46. The molecular weight excluding hydrogens is 264 g/mol. The van der Waals surface area contributed by atoms with Gasteiger partial charge in [-0.3, -0.25) is 9.78 Å². The highest BCUT2D eigenvalue weighted by Gasteiger charge is 2.03. The molecule has 19 heavy (non-hydrogen) atoms. The molecule has 0 aliphatic carbocycles. The summed E-state index contributed by atoms with van der Waals surface area (Å²) >= 11 is 5.76. The van der Waals surface area contributed by atoms with Crippen molar-refractivity contribution in [2.45, 2.75) is 0 Å². The minimum Gasteiger partial charge on any atom is -0.367 e. The summed E-state index contributed by atoms with van der Waals surface area (Å²) in [4.78, 5) is 19.7. The maximum atomic E-state index is 11.8. The van der Waals surface area contributed by atoms with E-state index in [4.69, 9.17) is 11.6 Å². The molecular formula is C13H13ClN4O. The van der Waals surface area contributed by atoms with E-state index in [2.05, 4.69) is 20.6 Å². The molecule has 5 nitrogen and oxygen atoms in total. The molecule has 2 rings (SSSR count). The Kier molecular flexibility index (Phi) is 4.69. The molecule has 0 unspecified atom stereocenters.